The number of carbonyl (C=O) groups is 9. The standard InChI is InChI=1S/C23H29N7O9/c31-15(2-1-10-29-20(36)3-4-21(29)37)26-13-18(34)28-14-19(35)27-12-17(33)24-8-7-16(32)25-9-11-30-22(38)5-6-23(30)39/h3-6H,1-2,7-14H2,(H,24,33)(H,25,32)(H,26,31)(H,27,35)(H,28,34). The Hall–Kier alpha value is -4.89. The maximum absolute atomic E-state index is 11.8. The smallest absolute Gasteiger partial charge is 0.253 e. The summed E-state index contributed by atoms with van der Waals surface area (Å²) in [4.78, 5) is 107. The van der Waals surface area contributed by atoms with Crippen molar-refractivity contribution in [1.29, 1.82) is 0 Å². The summed E-state index contributed by atoms with van der Waals surface area (Å²) in [5.41, 5.74) is 0. The van der Waals surface area contributed by atoms with Gasteiger partial charge in [0.1, 0.15) is 0 Å². The van der Waals surface area contributed by atoms with Crippen molar-refractivity contribution in [2.45, 2.75) is 19.3 Å². The van der Waals surface area contributed by atoms with Gasteiger partial charge in [-0.2, -0.15) is 0 Å². The third kappa shape index (κ3) is 10.9. The van der Waals surface area contributed by atoms with Crippen LogP contribution in [0.3, 0.4) is 0 Å². The molecule has 0 radical (unpaired) electrons. The quantitative estimate of drug-likeness (QED) is 0.118. The largest absolute Gasteiger partial charge is 0.354 e. The van der Waals surface area contributed by atoms with Crippen molar-refractivity contribution in [1.82, 2.24) is 36.4 Å². The lowest BCUT2D eigenvalue weighted by Crippen LogP contribution is -2.44. The zero-order valence-corrected chi connectivity index (χ0v) is 20.9. The monoisotopic (exact) mass is 547 g/mol. The van der Waals surface area contributed by atoms with Gasteiger partial charge in [-0.05, 0) is 6.42 Å². The Kier molecular flexibility index (Phi) is 12.0. The zero-order chi connectivity index (χ0) is 28.8. The number of imide groups is 2. The fraction of sp³-hybridized carbons (Fsp3) is 0.435. The first kappa shape index (κ1) is 30.3. The van der Waals surface area contributed by atoms with E-state index in [4.69, 9.17) is 0 Å². The molecule has 0 aliphatic carbocycles. The number of amides is 9. The maximum Gasteiger partial charge on any atom is 0.253 e. The molecule has 9 amide bonds. The van der Waals surface area contributed by atoms with Crippen LogP contribution in [-0.2, 0) is 43.2 Å². The molecule has 0 aromatic heterocycles. The van der Waals surface area contributed by atoms with E-state index in [9.17, 15) is 43.2 Å². The molecule has 0 atom stereocenters. The van der Waals surface area contributed by atoms with Gasteiger partial charge in [0.05, 0.1) is 19.6 Å². The van der Waals surface area contributed by atoms with Gasteiger partial charge in [0, 0.05) is 63.3 Å². The highest BCUT2D eigenvalue weighted by atomic mass is 16.2. The number of rotatable bonds is 16. The Morgan fingerprint density at radius 1 is 0.487 bits per heavy atom. The molecule has 2 heterocycles. The minimum atomic E-state index is -0.656. The van der Waals surface area contributed by atoms with E-state index in [1.54, 1.807) is 0 Å². The van der Waals surface area contributed by atoms with Crippen LogP contribution in [-0.4, -0.2) is 109 Å². The highest BCUT2D eigenvalue weighted by Crippen LogP contribution is 2.05. The van der Waals surface area contributed by atoms with Gasteiger partial charge < -0.3 is 26.6 Å². The Bertz CT molecular complexity index is 1060. The predicted molar refractivity (Wildman–Crippen MR) is 131 cm³/mol. The van der Waals surface area contributed by atoms with Crippen molar-refractivity contribution in [3.63, 3.8) is 0 Å². The molecular formula is C23H29N7O9. The molecule has 2 aliphatic rings. The van der Waals surface area contributed by atoms with E-state index < -0.39 is 66.3 Å². The van der Waals surface area contributed by atoms with E-state index in [1.807, 2.05) is 0 Å². The van der Waals surface area contributed by atoms with Gasteiger partial charge in [0.2, 0.25) is 29.5 Å². The van der Waals surface area contributed by atoms with Crippen molar-refractivity contribution >= 4 is 53.2 Å². The highest BCUT2D eigenvalue weighted by molar-refractivity contribution is 6.13. The second-order valence-electron chi connectivity index (χ2n) is 8.21. The molecule has 5 N–H and O–H groups in total. The van der Waals surface area contributed by atoms with Gasteiger partial charge in [0.15, 0.2) is 0 Å². The van der Waals surface area contributed by atoms with Gasteiger partial charge in [-0.25, -0.2) is 0 Å². The second kappa shape index (κ2) is 15.4. The first-order valence-corrected chi connectivity index (χ1v) is 12.0. The minimum absolute atomic E-state index is 0.0123. The van der Waals surface area contributed by atoms with Crippen molar-refractivity contribution in [3.8, 4) is 0 Å². The topological polar surface area (TPSA) is 220 Å². The molecule has 0 aromatic rings. The van der Waals surface area contributed by atoms with Crippen molar-refractivity contribution < 1.29 is 43.2 Å². The van der Waals surface area contributed by atoms with E-state index in [0.717, 1.165) is 34.1 Å². The molecule has 0 spiro atoms. The normalized spacial score (nSPS) is 14.1. The van der Waals surface area contributed by atoms with E-state index >= 15 is 0 Å². The first-order valence-electron chi connectivity index (χ1n) is 12.0. The lowest BCUT2D eigenvalue weighted by Gasteiger charge is -2.14. The van der Waals surface area contributed by atoms with Crippen LogP contribution in [0.25, 0.3) is 0 Å². The van der Waals surface area contributed by atoms with Gasteiger partial charge >= 0.3 is 0 Å². The van der Waals surface area contributed by atoms with Crippen molar-refractivity contribution in [3.05, 3.63) is 24.3 Å². The fourth-order valence-electron chi connectivity index (χ4n) is 3.22. The highest BCUT2D eigenvalue weighted by Gasteiger charge is 2.23. The van der Waals surface area contributed by atoms with Crippen LogP contribution in [0.15, 0.2) is 24.3 Å². The van der Waals surface area contributed by atoms with Crippen LogP contribution in [0.1, 0.15) is 19.3 Å². The Balaban J connectivity index is 1.45. The summed E-state index contributed by atoms with van der Waals surface area (Å²) < 4.78 is 0. The van der Waals surface area contributed by atoms with Crippen LogP contribution in [0.4, 0.5) is 0 Å². The molecule has 210 valence electrons. The number of hydrogen-bond donors (Lipinski definition) is 5. The van der Waals surface area contributed by atoms with Gasteiger partial charge in [-0.15, -0.1) is 0 Å². The molecule has 0 bridgehead atoms. The Morgan fingerprint density at radius 2 is 0.872 bits per heavy atom. The van der Waals surface area contributed by atoms with Crippen LogP contribution in [0.2, 0.25) is 0 Å². The van der Waals surface area contributed by atoms with E-state index in [1.165, 1.54) is 0 Å². The summed E-state index contributed by atoms with van der Waals surface area (Å²) in [5, 5.41) is 11.8. The second-order valence-corrected chi connectivity index (χ2v) is 8.21. The molecule has 2 aliphatic heterocycles. The van der Waals surface area contributed by atoms with Crippen LogP contribution < -0.4 is 26.6 Å². The molecule has 16 nitrogen and oxygen atoms in total. The number of hydrogen-bond acceptors (Lipinski definition) is 9. The molecule has 0 saturated heterocycles. The van der Waals surface area contributed by atoms with Crippen molar-refractivity contribution in [2.24, 2.45) is 0 Å². The average molecular weight is 548 g/mol. The van der Waals surface area contributed by atoms with Crippen LogP contribution in [0.5, 0.6) is 0 Å². The van der Waals surface area contributed by atoms with Gasteiger partial charge in [-0.3, -0.25) is 53.0 Å². The number of carbonyl (C=O) groups excluding carboxylic acids is 9. The molecule has 0 fully saturated rings. The van der Waals surface area contributed by atoms with E-state index in [2.05, 4.69) is 26.6 Å². The number of nitrogens with zero attached hydrogens (tertiary/aromatic N) is 2. The summed E-state index contributed by atoms with van der Waals surface area (Å²) in [6.45, 7) is -1.06. The molecule has 39 heavy (non-hydrogen) atoms. The number of nitrogens with one attached hydrogen (secondary N) is 5. The molecule has 0 saturated carbocycles. The molecule has 0 aromatic carbocycles. The molecule has 2 rings (SSSR count). The SMILES string of the molecule is O=C(CCNC(=O)CNC(=O)CNC(=O)CNC(=O)CCCN1C(=O)C=CC1=O)NCCN1C(=O)C=CC1=O. The summed E-state index contributed by atoms with van der Waals surface area (Å²) in [6, 6.07) is 0. The first-order chi connectivity index (χ1) is 18.6. The van der Waals surface area contributed by atoms with E-state index in [-0.39, 0.29) is 52.0 Å². The summed E-state index contributed by atoms with van der Waals surface area (Å²) in [5.74, 6) is -4.53. The third-order valence-electron chi connectivity index (χ3n) is 5.26. The summed E-state index contributed by atoms with van der Waals surface area (Å²) in [6.07, 6.45) is 4.72. The van der Waals surface area contributed by atoms with Gasteiger partial charge in [0.25, 0.3) is 23.6 Å². The zero-order valence-electron chi connectivity index (χ0n) is 20.9. The van der Waals surface area contributed by atoms with Gasteiger partial charge in [-0.1, -0.05) is 0 Å². The summed E-state index contributed by atoms with van der Waals surface area (Å²) >= 11 is 0. The minimum Gasteiger partial charge on any atom is -0.354 e. The molecule has 0 unspecified atom stereocenters. The molecular weight excluding hydrogens is 518 g/mol. The van der Waals surface area contributed by atoms with Crippen molar-refractivity contribution in [2.75, 3.05) is 45.8 Å². The fourth-order valence-corrected chi connectivity index (χ4v) is 3.22. The maximum atomic E-state index is 11.8. The molecule has 16 heteroatoms. The predicted octanol–water partition coefficient (Wildman–Crippen LogP) is -4.41. The van der Waals surface area contributed by atoms with Crippen LogP contribution in [0, 0.1) is 0 Å². The van der Waals surface area contributed by atoms with Crippen LogP contribution >= 0.6 is 0 Å². The lowest BCUT2D eigenvalue weighted by atomic mass is 10.2. The Labute approximate surface area is 222 Å². The Morgan fingerprint density at radius 3 is 1.38 bits per heavy atom. The lowest BCUT2D eigenvalue weighted by molar-refractivity contribution is -0.138. The third-order valence-corrected chi connectivity index (χ3v) is 5.26. The van der Waals surface area contributed by atoms with E-state index in [0.29, 0.717) is 0 Å². The summed E-state index contributed by atoms with van der Waals surface area (Å²) in [7, 11) is 0. The average Bonchev–Trinajstić information content (AvgIpc) is 3.39.